The van der Waals surface area contributed by atoms with Gasteiger partial charge >= 0.3 is 0 Å². The van der Waals surface area contributed by atoms with Crippen molar-refractivity contribution in [3.63, 3.8) is 0 Å². The monoisotopic (exact) mass is 257 g/mol. The predicted octanol–water partition coefficient (Wildman–Crippen LogP) is 3.36. The van der Waals surface area contributed by atoms with E-state index in [9.17, 15) is 9.18 Å². The fourth-order valence-electron chi connectivity index (χ4n) is 1.85. The fourth-order valence-corrected chi connectivity index (χ4v) is 1.85. The summed E-state index contributed by atoms with van der Waals surface area (Å²) < 4.78 is 12.8. The van der Waals surface area contributed by atoms with Crippen LogP contribution in [0.3, 0.4) is 0 Å². The summed E-state index contributed by atoms with van der Waals surface area (Å²) in [7, 11) is 0. The van der Waals surface area contributed by atoms with Crippen LogP contribution in [0, 0.1) is 5.82 Å². The van der Waals surface area contributed by atoms with Crippen LogP contribution in [-0.4, -0.2) is 12.5 Å². The molecule has 0 aliphatic carbocycles. The molecule has 2 aromatic rings. The van der Waals surface area contributed by atoms with E-state index in [4.69, 9.17) is 0 Å². The van der Waals surface area contributed by atoms with Crippen LogP contribution >= 0.6 is 0 Å². The van der Waals surface area contributed by atoms with Crippen molar-refractivity contribution in [2.45, 2.75) is 12.8 Å². The number of hydrogen-bond acceptors (Lipinski definition) is 1. The van der Waals surface area contributed by atoms with E-state index in [0.29, 0.717) is 12.1 Å². The third kappa shape index (κ3) is 3.65. The lowest BCUT2D eigenvalue weighted by Crippen LogP contribution is -2.27. The SMILES string of the molecule is CC(CNC(=O)c1ccc(F)cc1)c1ccccc1. The zero-order valence-corrected chi connectivity index (χ0v) is 10.8. The van der Waals surface area contributed by atoms with Crippen LogP contribution in [0.5, 0.6) is 0 Å². The van der Waals surface area contributed by atoms with Crippen LogP contribution in [0.15, 0.2) is 54.6 Å². The lowest BCUT2D eigenvalue weighted by atomic mass is 10.0. The van der Waals surface area contributed by atoms with Crippen molar-refractivity contribution in [1.29, 1.82) is 0 Å². The quantitative estimate of drug-likeness (QED) is 0.894. The summed E-state index contributed by atoms with van der Waals surface area (Å²) in [4.78, 5) is 11.9. The molecule has 1 amide bonds. The molecule has 2 nitrogen and oxygen atoms in total. The first-order valence-electron chi connectivity index (χ1n) is 6.25. The van der Waals surface area contributed by atoms with Gasteiger partial charge in [-0.05, 0) is 35.7 Å². The number of hydrogen-bond donors (Lipinski definition) is 1. The number of halogens is 1. The van der Waals surface area contributed by atoms with Crippen molar-refractivity contribution in [3.8, 4) is 0 Å². The summed E-state index contributed by atoms with van der Waals surface area (Å²) in [6, 6.07) is 15.5. The molecule has 1 N–H and O–H groups in total. The summed E-state index contributed by atoms with van der Waals surface area (Å²) >= 11 is 0. The average molecular weight is 257 g/mol. The second kappa shape index (κ2) is 6.14. The molecule has 1 unspecified atom stereocenters. The zero-order valence-electron chi connectivity index (χ0n) is 10.8. The second-order valence-corrected chi connectivity index (χ2v) is 4.53. The molecule has 0 saturated carbocycles. The number of carbonyl (C=O) groups is 1. The van der Waals surface area contributed by atoms with Crippen LogP contribution in [-0.2, 0) is 0 Å². The van der Waals surface area contributed by atoms with Gasteiger partial charge in [-0.15, -0.1) is 0 Å². The standard InChI is InChI=1S/C16H16FNO/c1-12(13-5-3-2-4-6-13)11-18-16(19)14-7-9-15(17)10-8-14/h2-10,12H,11H2,1H3,(H,18,19). The largest absolute Gasteiger partial charge is 0.351 e. The predicted molar refractivity (Wildman–Crippen MR) is 73.6 cm³/mol. The van der Waals surface area contributed by atoms with Crippen molar-refractivity contribution >= 4 is 5.91 Å². The third-order valence-corrected chi connectivity index (χ3v) is 3.04. The van der Waals surface area contributed by atoms with Crippen molar-refractivity contribution < 1.29 is 9.18 Å². The van der Waals surface area contributed by atoms with Crippen LogP contribution in [0.2, 0.25) is 0 Å². The first kappa shape index (κ1) is 13.3. The van der Waals surface area contributed by atoms with Gasteiger partial charge in [0.15, 0.2) is 0 Å². The maximum atomic E-state index is 12.8. The highest BCUT2D eigenvalue weighted by Gasteiger charge is 2.09. The summed E-state index contributed by atoms with van der Waals surface area (Å²) in [6.45, 7) is 2.61. The molecule has 98 valence electrons. The smallest absolute Gasteiger partial charge is 0.251 e. The molecule has 0 spiro atoms. The molecule has 0 aliphatic heterocycles. The maximum Gasteiger partial charge on any atom is 0.251 e. The number of amides is 1. The fraction of sp³-hybridized carbons (Fsp3) is 0.188. The Kier molecular flexibility index (Phi) is 4.29. The number of carbonyl (C=O) groups excluding carboxylic acids is 1. The lowest BCUT2D eigenvalue weighted by molar-refractivity contribution is 0.0951. The molecule has 0 radical (unpaired) electrons. The van der Waals surface area contributed by atoms with Gasteiger partial charge < -0.3 is 5.32 Å². The van der Waals surface area contributed by atoms with E-state index in [1.165, 1.54) is 29.8 Å². The molecule has 0 fully saturated rings. The average Bonchev–Trinajstić information content (AvgIpc) is 2.46. The van der Waals surface area contributed by atoms with E-state index in [1.807, 2.05) is 30.3 Å². The molecule has 1 atom stereocenters. The van der Waals surface area contributed by atoms with Crippen molar-refractivity contribution in [3.05, 3.63) is 71.5 Å². The molecule has 2 rings (SSSR count). The van der Waals surface area contributed by atoms with Crippen LogP contribution < -0.4 is 5.32 Å². The first-order valence-corrected chi connectivity index (χ1v) is 6.25. The number of nitrogens with one attached hydrogen (secondary N) is 1. The molecule has 0 heterocycles. The van der Waals surface area contributed by atoms with E-state index < -0.39 is 0 Å². The van der Waals surface area contributed by atoms with E-state index in [-0.39, 0.29) is 17.6 Å². The molecule has 0 aliphatic rings. The highest BCUT2D eigenvalue weighted by molar-refractivity contribution is 5.94. The summed E-state index contributed by atoms with van der Waals surface area (Å²) in [5, 5.41) is 2.86. The summed E-state index contributed by atoms with van der Waals surface area (Å²) in [5.74, 6) is -0.275. The zero-order chi connectivity index (χ0) is 13.7. The van der Waals surface area contributed by atoms with Crippen LogP contribution in [0.1, 0.15) is 28.8 Å². The normalized spacial score (nSPS) is 11.9. The molecule has 0 saturated heterocycles. The van der Waals surface area contributed by atoms with Gasteiger partial charge in [0.1, 0.15) is 5.82 Å². The molecular weight excluding hydrogens is 241 g/mol. The van der Waals surface area contributed by atoms with Gasteiger partial charge in [-0.3, -0.25) is 4.79 Å². The van der Waals surface area contributed by atoms with E-state index in [1.54, 1.807) is 0 Å². The lowest BCUT2D eigenvalue weighted by Gasteiger charge is -2.13. The molecule has 3 heteroatoms. The molecule has 2 aromatic carbocycles. The Balaban J connectivity index is 1.92. The molecule has 0 bridgehead atoms. The molecule has 0 aromatic heterocycles. The van der Waals surface area contributed by atoms with Crippen molar-refractivity contribution in [1.82, 2.24) is 5.32 Å². The van der Waals surface area contributed by atoms with Crippen LogP contribution in [0.4, 0.5) is 4.39 Å². The second-order valence-electron chi connectivity index (χ2n) is 4.53. The summed E-state index contributed by atoms with van der Waals surface area (Å²) in [6.07, 6.45) is 0. The Morgan fingerprint density at radius 3 is 2.37 bits per heavy atom. The highest BCUT2D eigenvalue weighted by atomic mass is 19.1. The Bertz CT molecular complexity index is 536. The maximum absolute atomic E-state index is 12.8. The van der Waals surface area contributed by atoms with E-state index in [0.717, 1.165) is 0 Å². The van der Waals surface area contributed by atoms with Crippen molar-refractivity contribution in [2.24, 2.45) is 0 Å². The van der Waals surface area contributed by atoms with Crippen molar-refractivity contribution in [2.75, 3.05) is 6.54 Å². The third-order valence-electron chi connectivity index (χ3n) is 3.04. The Morgan fingerprint density at radius 2 is 1.74 bits per heavy atom. The minimum Gasteiger partial charge on any atom is -0.351 e. The summed E-state index contributed by atoms with van der Waals surface area (Å²) in [5.41, 5.74) is 1.66. The van der Waals surface area contributed by atoms with Gasteiger partial charge in [0.2, 0.25) is 0 Å². The van der Waals surface area contributed by atoms with Gasteiger partial charge in [0, 0.05) is 12.1 Å². The number of rotatable bonds is 4. The topological polar surface area (TPSA) is 29.1 Å². The van der Waals surface area contributed by atoms with Crippen LogP contribution in [0.25, 0.3) is 0 Å². The number of benzene rings is 2. The van der Waals surface area contributed by atoms with Gasteiger partial charge in [0.25, 0.3) is 5.91 Å². The highest BCUT2D eigenvalue weighted by Crippen LogP contribution is 2.13. The van der Waals surface area contributed by atoms with E-state index in [2.05, 4.69) is 12.2 Å². The minimum atomic E-state index is -0.339. The van der Waals surface area contributed by atoms with Gasteiger partial charge in [-0.1, -0.05) is 37.3 Å². The van der Waals surface area contributed by atoms with E-state index >= 15 is 0 Å². The van der Waals surface area contributed by atoms with Gasteiger partial charge in [-0.2, -0.15) is 0 Å². The van der Waals surface area contributed by atoms with Gasteiger partial charge in [0.05, 0.1) is 0 Å². The Hall–Kier alpha value is -2.16. The Labute approximate surface area is 112 Å². The van der Waals surface area contributed by atoms with Gasteiger partial charge in [-0.25, -0.2) is 4.39 Å². The minimum absolute atomic E-state index is 0.178. The Morgan fingerprint density at radius 1 is 1.11 bits per heavy atom. The first-order chi connectivity index (χ1) is 9.16. The molecule has 19 heavy (non-hydrogen) atoms. The molecular formula is C16H16FNO.